The summed E-state index contributed by atoms with van der Waals surface area (Å²) in [5.74, 6) is 0. The molecule has 2 nitrogen and oxygen atoms in total. The lowest BCUT2D eigenvalue weighted by Crippen LogP contribution is -1.59. The van der Waals surface area contributed by atoms with Gasteiger partial charge in [-0.1, -0.05) is 0 Å². The number of nitrogens with zero attached hydrogens (tertiary/aromatic N) is 2. The molecule has 0 aliphatic heterocycles. The first-order chi connectivity index (χ1) is 4.33. The summed E-state index contributed by atoms with van der Waals surface area (Å²) in [5, 5.41) is 0.757. The fraction of sp³-hybridized carbons (Fsp3) is 0.250. The monoisotopic (exact) mass is 176 g/mol. The summed E-state index contributed by atoms with van der Waals surface area (Å²) >= 11 is 4.79. The molecule has 0 bridgehead atoms. The lowest BCUT2D eigenvalue weighted by molar-refractivity contribution is 1.36. The molecule has 0 saturated carbocycles. The number of aliphatic imine (C=N–C) groups is 1. The Morgan fingerprint density at radius 3 is 2.89 bits per heavy atom. The highest BCUT2D eigenvalue weighted by Crippen LogP contribution is 2.20. The van der Waals surface area contributed by atoms with Crippen LogP contribution in [0.25, 0.3) is 0 Å². The predicted octanol–water partition coefficient (Wildman–Crippen LogP) is 2.66. The Balaban J connectivity index is 2.98. The van der Waals surface area contributed by atoms with Crippen molar-refractivity contribution in [1.29, 1.82) is 0 Å². The van der Waals surface area contributed by atoms with Crippen molar-refractivity contribution >= 4 is 44.2 Å². The number of rotatable bonds is 1. The van der Waals surface area contributed by atoms with E-state index in [9.17, 15) is 0 Å². The minimum Gasteiger partial charge on any atom is -0.232 e. The van der Waals surface area contributed by atoms with Crippen LogP contribution in [0.3, 0.4) is 0 Å². The maximum Gasteiger partial charge on any atom is 0.220 e. The van der Waals surface area contributed by atoms with Crippen LogP contribution in [0.5, 0.6) is 0 Å². The van der Waals surface area contributed by atoms with E-state index in [0.717, 1.165) is 5.13 Å². The molecule has 0 spiro atoms. The SMILES string of the molecule is C/C=N/c1nc(=S)ss1. The zero-order chi connectivity index (χ0) is 6.69. The zero-order valence-electron chi connectivity index (χ0n) is 4.70. The third-order valence-corrected chi connectivity index (χ3v) is 3.11. The van der Waals surface area contributed by atoms with Gasteiger partial charge >= 0.3 is 0 Å². The van der Waals surface area contributed by atoms with Crippen LogP contribution < -0.4 is 0 Å². The summed E-state index contributed by atoms with van der Waals surface area (Å²) in [5.41, 5.74) is 0. The molecule has 0 aromatic carbocycles. The molecule has 1 aromatic heterocycles. The van der Waals surface area contributed by atoms with Gasteiger partial charge in [-0.15, -0.1) is 0 Å². The van der Waals surface area contributed by atoms with E-state index >= 15 is 0 Å². The van der Waals surface area contributed by atoms with Crippen LogP contribution in [0.1, 0.15) is 6.92 Å². The van der Waals surface area contributed by atoms with Crippen molar-refractivity contribution in [2.75, 3.05) is 0 Å². The van der Waals surface area contributed by atoms with Crippen LogP contribution >= 0.6 is 32.9 Å². The van der Waals surface area contributed by atoms with Crippen LogP contribution in [-0.2, 0) is 0 Å². The van der Waals surface area contributed by atoms with Crippen LogP contribution in [0.2, 0.25) is 0 Å². The first kappa shape index (κ1) is 6.98. The third-order valence-electron chi connectivity index (χ3n) is 0.614. The smallest absolute Gasteiger partial charge is 0.220 e. The second kappa shape index (κ2) is 3.14. The van der Waals surface area contributed by atoms with Gasteiger partial charge in [0.25, 0.3) is 0 Å². The Labute approximate surface area is 65.3 Å². The molecule has 0 unspecified atom stereocenters. The van der Waals surface area contributed by atoms with Crippen molar-refractivity contribution in [2.45, 2.75) is 6.92 Å². The van der Waals surface area contributed by atoms with Gasteiger partial charge < -0.3 is 0 Å². The fourth-order valence-electron chi connectivity index (χ4n) is 0.349. The van der Waals surface area contributed by atoms with Gasteiger partial charge in [0.1, 0.15) is 0 Å². The standard InChI is InChI=1S/C4H4N2S3/c1-2-5-3-6-4(7)9-8-3/h2H,1H3/b5-2+. The van der Waals surface area contributed by atoms with Crippen LogP contribution in [0.4, 0.5) is 5.13 Å². The summed E-state index contributed by atoms with van der Waals surface area (Å²) < 4.78 is 0.667. The summed E-state index contributed by atoms with van der Waals surface area (Å²) in [6, 6.07) is 0. The summed E-state index contributed by atoms with van der Waals surface area (Å²) in [7, 11) is 2.98. The quantitative estimate of drug-likeness (QED) is 0.373. The van der Waals surface area contributed by atoms with Gasteiger partial charge in [-0.3, -0.25) is 0 Å². The van der Waals surface area contributed by atoms with Crippen molar-refractivity contribution in [3.8, 4) is 0 Å². The van der Waals surface area contributed by atoms with Gasteiger partial charge in [-0.25, -0.2) is 4.99 Å². The largest absolute Gasteiger partial charge is 0.232 e. The zero-order valence-corrected chi connectivity index (χ0v) is 7.15. The molecule has 0 aliphatic rings. The second-order valence-corrected chi connectivity index (χ2v) is 3.94. The van der Waals surface area contributed by atoms with Gasteiger partial charge in [-0.05, 0) is 39.8 Å². The summed E-state index contributed by atoms with van der Waals surface area (Å²) in [6.45, 7) is 1.86. The Bertz CT molecular complexity index is 259. The van der Waals surface area contributed by atoms with E-state index in [1.165, 1.54) is 20.7 Å². The normalized spacial score (nSPS) is 10.8. The van der Waals surface area contributed by atoms with Gasteiger partial charge in [-0.2, -0.15) is 4.98 Å². The number of hydrogen-bond donors (Lipinski definition) is 0. The summed E-state index contributed by atoms with van der Waals surface area (Å²) in [6.07, 6.45) is 1.71. The first-order valence-corrected chi connectivity index (χ1v) is 4.84. The summed E-state index contributed by atoms with van der Waals surface area (Å²) in [4.78, 5) is 7.91. The highest BCUT2D eigenvalue weighted by molar-refractivity contribution is 7.79. The molecule has 1 rings (SSSR count). The van der Waals surface area contributed by atoms with Crippen molar-refractivity contribution in [3.63, 3.8) is 0 Å². The topological polar surface area (TPSA) is 25.2 Å². The molecule has 1 aromatic rings. The molecule has 0 atom stereocenters. The molecule has 9 heavy (non-hydrogen) atoms. The van der Waals surface area contributed by atoms with Crippen molar-refractivity contribution in [3.05, 3.63) is 3.95 Å². The molecule has 0 amide bonds. The highest BCUT2D eigenvalue weighted by atomic mass is 32.9. The van der Waals surface area contributed by atoms with E-state index in [2.05, 4.69) is 9.98 Å². The van der Waals surface area contributed by atoms with Gasteiger partial charge in [0, 0.05) is 6.21 Å². The number of hydrogen-bond acceptors (Lipinski definition) is 5. The Morgan fingerprint density at radius 1 is 1.67 bits per heavy atom. The Morgan fingerprint density at radius 2 is 2.44 bits per heavy atom. The molecular formula is C4H4N2S3. The molecule has 5 heteroatoms. The molecule has 1 heterocycles. The molecule has 0 saturated heterocycles. The molecule has 0 N–H and O–H groups in total. The minimum atomic E-state index is 0.667. The van der Waals surface area contributed by atoms with Crippen molar-refractivity contribution in [2.24, 2.45) is 4.99 Å². The van der Waals surface area contributed by atoms with E-state index in [1.54, 1.807) is 6.21 Å². The maximum absolute atomic E-state index is 4.79. The fourth-order valence-corrected chi connectivity index (χ4v) is 2.19. The molecular weight excluding hydrogens is 172 g/mol. The van der Waals surface area contributed by atoms with Crippen LogP contribution in [-0.4, -0.2) is 11.2 Å². The van der Waals surface area contributed by atoms with E-state index in [-0.39, 0.29) is 0 Å². The van der Waals surface area contributed by atoms with Gasteiger partial charge in [0.05, 0.1) is 0 Å². The van der Waals surface area contributed by atoms with Gasteiger partial charge in [0.15, 0.2) is 3.95 Å². The predicted molar refractivity (Wildman–Crippen MR) is 44.7 cm³/mol. The van der Waals surface area contributed by atoms with Gasteiger partial charge in [0.2, 0.25) is 5.13 Å². The molecule has 0 radical (unpaired) electrons. The Kier molecular flexibility index (Phi) is 2.44. The average molecular weight is 176 g/mol. The van der Waals surface area contributed by atoms with E-state index in [4.69, 9.17) is 12.2 Å². The highest BCUT2D eigenvalue weighted by Gasteiger charge is 1.89. The molecule has 0 aliphatic carbocycles. The Hall–Kier alpha value is -0.130. The molecule has 0 fully saturated rings. The lowest BCUT2D eigenvalue weighted by atomic mass is 10.9. The van der Waals surface area contributed by atoms with E-state index < -0.39 is 0 Å². The minimum absolute atomic E-state index is 0.667. The average Bonchev–Trinajstić information content (AvgIpc) is 2.17. The number of aromatic nitrogens is 1. The van der Waals surface area contributed by atoms with E-state index in [0.29, 0.717) is 3.95 Å². The molecule has 48 valence electrons. The second-order valence-electron chi connectivity index (χ2n) is 1.21. The lowest BCUT2D eigenvalue weighted by Gasteiger charge is -1.73. The van der Waals surface area contributed by atoms with Crippen LogP contribution in [0, 0.1) is 3.95 Å². The van der Waals surface area contributed by atoms with Crippen LogP contribution in [0.15, 0.2) is 4.99 Å². The third kappa shape index (κ3) is 1.92. The van der Waals surface area contributed by atoms with Crippen molar-refractivity contribution in [1.82, 2.24) is 4.98 Å². The van der Waals surface area contributed by atoms with E-state index in [1.807, 2.05) is 6.92 Å². The maximum atomic E-state index is 4.79. The first-order valence-electron chi connectivity index (χ1n) is 2.29. The van der Waals surface area contributed by atoms with Crippen molar-refractivity contribution < 1.29 is 0 Å².